The van der Waals surface area contributed by atoms with E-state index < -0.39 is 0 Å². The summed E-state index contributed by atoms with van der Waals surface area (Å²) < 4.78 is 1.00. The Balaban J connectivity index is 1.31. The highest BCUT2D eigenvalue weighted by atomic mass is 32.1. The summed E-state index contributed by atoms with van der Waals surface area (Å²) in [6, 6.07) is 17.7. The van der Waals surface area contributed by atoms with Crippen molar-refractivity contribution in [3.63, 3.8) is 0 Å². The zero-order valence-electron chi connectivity index (χ0n) is 16.8. The van der Waals surface area contributed by atoms with E-state index in [0.717, 1.165) is 21.6 Å². The van der Waals surface area contributed by atoms with Gasteiger partial charge in [-0.05, 0) is 38.1 Å². The van der Waals surface area contributed by atoms with E-state index in [1.165, 1.54) is 16.9 Å². The van der Waals surface area contributed by atoms with E-state index in [9.17, 15) is 4.79 Å². The lowest BCUT2D eigenvalue weighted by Gasteiger charge is -2.10. The first kappa shape index (κ1) is 19.8. The molecule has 2 aromatic carbocycles. The summed E-state index contributed by atoms with van der Waals surface area (Å²) in [5.41, 5.74) is 3.86. The number of fused-ring (bicyclic) bond motifs is 1. The smallest absolute Gasteiger partial charge is 0.280 e. The number of para-hydroxylation sites is 1. The number of hydrogen-bond donors (Lipinski definition) is 3. The zero-order chi connectivity index (χ0) is 20.9. The second kappa shape index (κ2) is 8.87. The maximum Gasteiger partial charge on any atom is 0.280 e. The molecule has 0 aliphatic heterocycles. The Morgan fingerprint density at radius 2 is 1.77 bits per heavy atom. The van der Waals surface area contributed by atoms with Gasteiger partial charge in [0, 0.05) is 30.5 Å². The van der Waals surface area contributed by atoms with E-state index in [-0.39, 0.29) is 5.91 Å². The molecule has 0 radical (unpaired) electrons. The second-order valence-corrected chi connectivity index (χ2v) is 7.91. The number of anilines is 3. The van der Waals surface area contributed by atoms with E-state index in [4.69, 9.17) is 0 Å². The van der Waals surface area contributed by atoms with Gasteiger partial charge in [0.25, 0.3) is 5.91 Å². The summed E-state index contributed by atoms with van der Waals surface area (Å²) in [7, 11) is 0. The minimum atomic E-state index is -0.176. The molecule has 0 saturated carbocycles. The lowest BCUT2D eigenvalue weighted by Crippen LogP contribution is -2.29. The summed E-state index contributed by atoms with van der Waals surface area (Å²) in [6.45, 7) is 4.91. The molecule has 0 saturated heterocycles. The Morgan fingerprint density at radius 3 is 2.57 bits per heavy atom. The number of benzene rings is 2. The van der Waals surface area contributed by atoms with Crippen molar-refractivity contribution in [1.82, 2.24) is 20.3 Å². The van der Waals surface area contributed by atoms with Gasteiger partial charge >= 0.3 is 0 Å². The number of nitrogens with zero attached hydrogens (tertiary/aromatic N) is 3. The van der Waals surface area contributed by atoms with E-state index in [0.29, 0.717) is 29.9 Å². The van der Waals surface area contributed by atoms with Crippen LogP contribution in [-0.2, 0) is 0 Å². The highest BCUT2D eigenvalue weighted by molar-refractivity contribution is 7.20. The molecular formula is C22H22N6OS. The van der Waals surface area contributed by atoms with Crippen LogP contribution in [-0.4, -0.2) is 33.9 Å². The topological polar surface area (TPSA) is 91.8 Å². The molecule has 8 heteroatoms. The second-order valence-electron chi connectivity index (χ2n) is 6.88. The number of hydrogen-bond acceptors (Lipinski definition) is 7. The fraction of sp³-hybridized carbons (Fsp3) is 0.182. The van der Waals surface area contributed by atoms with Crippen molar-refractivity contribution in [2.24, 2.45) is 0 Å². The van der Waals surface area contributed by atoms with E-state index >= 15 is 0 Å². The number of carbonyl (C=O) groups excluding carboxylic acids is 1. The van der Waals surface area contributed by atoms with Gasteiger partial charge in [0.05, 0.1) is 10.2 Å². The molecule has 0 aliphatic carbocycles. The van der Waals surface area contributed by atoms with Gasteiger partial charge in [0.2, 0.25) is 5.95 Å². The van der Waals surface area contributed by atoms with Crippen LogP contribution >= 0.6 is 11.3 Å². The normalized spacial score (nSPS) is 10.7. The maximum absolute atomic E-state index is 12.3. The van der Waals surface area contributed by atoms with Gasteiger partial charge in [-0.1, -0.05) is 29.8 Å². The van der Waals surface area contributed by atoms with E-state index in [1.54, 1.807) is 0 Å². The predicted molar refractivity (Wildman–Crippen MR) is 122 cm³/mol. The highest BCUT2D eigenvalue weighted by Crippen LogP contribution is 2.21. The van der Waals surface area contributed by atoms with E-state index in [2.05, 4.69) is 37.8 Å². The van der Waals surface area contributed by atoms with Crippen LogP contribution in [0.4, 0.5) is 17.5 Å². The molecule has 30 heavy (non-hydrogen) atoms. The Bertz CT molecular complexity index is 1140. The fourth-order valence-corrected chi connectivity index (χ4v) is 3.77. The predicted octanol–water partition coefficient (Wildman–Crippen LogP) is 4.29. The molecule has 0 unspecified atom stereocenters. The van der Waals surface area contributed by atoms with Gasteiger partial charge in [0.15, 0.2) is 5.01 Å². The lowest BCUT2D eigenvalue weighted by atomic mass is 10.2. The average Bonchev–Trinajstić information content (AvgIpc) is 3.17. The highest BCUT2D eigenvalue weighted by Gasteiger charge is 2.11. The number of carbonyl (C=O) groups is 1. The Kier molecular flexibility index (Phi) is 5.85. The van der Waals surface area contributed by atoms with Crippen molar-refractivity contribution in [2.75, 3.05) is 23.7 Å². The molecule has 0 atom stereocenters. The molecular weight excluding hydrogens is 396 g/mol. The van der Waals surface area contributed by atoms with Crippen LogP contribution in [0, 0.1) is 13.8 Å². The van der Waals surface area contributed by atoms with Crippen LogP contribution in [0.1, 0.15) is 21.1 Å². The van der Waals surface area contributed by atoms with Gasteiger partial charge < -0.3 is 16.0 Å². The van der Waals surface area contributed by atoms with Crippen LogP contribution < -0.4 is 16.0 Å². The molecule has 4 rings (SSSR count). The molecule has 152 valence electrons. The van der Waals surface area contributed by atoms with Gasteiger partial charge in [0.1, 0.15) is 5.82 Å². The van der Waals surface area contributed by atoms with Crippen molar-refractivity contribution >= 4 is 44.9 Å². The van der Waals surface area contributed by atoms with Gasteiger partial charge in [-0.15, -0.1) is 11.3 Å². The molecule has 4 aromatic rings. The fourth-order valence-electron chi connectivity index (χ4n) is 2.89. The molecule has 7 nitrogen and oxygen atoms in total. The van der Waals surface area contributed by atoms with Gasteiger partial charge in [-0.25, -0.2) is 9.97 Å². The Labute approximate surface area is 178 Å². The number of amides is 1. The average molecular weight is 419 g/mol. The van der Waals surface area contributed by atoms with Gasteiger partial charge in [-0.2, -0.15) is 4.98 Å². The molecule has 0 aliphatic rings. The van der Waals surface area contributed by atoms with Crippen LogP contribution in [0.15, 0.2) is 54.6 Å². The number of rotatable bonds is 7. The van der Waals surface area contributed by atoms with E-state index in [1.807, 2.05) is 61.5 Å². The SMILES string of the molecule is Cc1ccc(Nc2cc(C)nc(NCCNC(=O)c3nc4ccccc4s3)n2)cc1. The standard InChI is InChI=1S/C22H22N6OS/c1-14-7-9-16(10-8-14)26-19-13-15(2)25-22(28-19)24-12-11-23-20(29)21-27-17-5-3-4-6-18(17)30-21/h3-10,13H,11-12H2,1-2H3,(H,23,29)(H2,24,25,26,28). The summed E-state index contributed by atoms with van der Waals surface area (Å²) in [5, 5.41) is 9.79. The van der Waals surface area contributed by atoms with Crippen LogP contribution in [0.25, 0.3) is 10.2 Å². The molecule has 2 heterocycles. The third kappa shape index (κ3) is 4.90. The minimum absolute atomic E-state index is 0.176. The minimum Gasteiger partial charge on any atom is -0.352 e. The van der Waals surface area contributed by atoms with Crippen molar-refractivity contribution < 1.29 is 4.79 Å². The van der Waals surface area contributed by atoms with Crippen LogP contribution in [0.5, 0.6) is 0 Å². The monoisotopic (exact) mass is 418 g/mol. The van der Waals surface area contributed by atoms with Crippen molar-refractivity contribution in [2.45, 2.75) is 13.8 Å². The molecule has 2 aromatic heterocycles. The zero-order valence-corrected chi connectivity index (χ0v) is 17.6. The quantitative estimate of drug-likeness (QED) is 0.388. The third-order valence-electron chi connectivity index (χ3n) is 4.36. The molecule has 0 bridgehead atoms. The lowest BCUT2D eigenvalue weighted by molar-refractivity contribution is 0.0955. The van der Waals surface area contributed by atoms with Crippen molar-refractivity contribution in [3.05, 3.63) is 70.9 Å². The molecule has 0 fully saturated rings. The summed E-state index contributed by atoms with van der Waals surface area (Å²) in [5.74, 6) is 1.05. The Hall–Kier alpha value is -3.52. The number of aromatic nitrogens is 3. The third-order valence-corrected chi connectivity index (χ3v) is 5.40. The largest absolute Gasteiger partial charge is 0.352 e. The van der Waals surface area contributed by atoms with Crippen LogP contribution in [0.2, 0.25) is 0 Å². The Morgan fingerprint density at radius 1 is 0.967 bits per heavy atom. The van der Waals surface area contributed by atoms with Crippen molar-refractivity contribution in [1.29, 1.82) is 0 Å². The summed E-state index contributed by atoms with van der Waals surface area (Å²) in [4.78, 5) is 25.6. The number of thiazole rings is 1. The first-order valence-electron chi connectivity index (χ1n) is 9.64. The molecule has 0 spiro atoms. The summed E-state index contributed by atoms with van der Waals surface area (Å²) >= 11 is 1.39. The number of aryl methyl sites for hydroxylation is 2. The van der Waals surface area contributed by atoms with Crippen molar-refractivity contribution in [3.8, 4) is 0 Å². The molecule has 3 N–H and O–H groups in total. The van der Waals surface area contributed by atoms with Gasteiger partial charge in [-0.3, -0.25) is 4.79 Å². The maximum atomic E-state index is 12.3. The van der Waals surface area contributed by atoms with Crippen LogP contribution in [0.3, 0.4) is 0 Å². The first-order valence-corrected chi connectivity index (χ1v) is 10.5. The molecule has 1 amide bonds. The summed E-state index contributed by atoms with van der Waals surface area (Å²) in [6.07, 6.45) is 0. The number of nitrogens with one attached hydrogen (secondary N) is 3. The first-order chi connectivity index (χ1) is 14.6.